The molecule has 0 bridgehead atoms. The molecule has 0 fully saturated rings. The van der Waals surface area contributed by atoms with Gasteiger partial charge in [-0.3, -0.25) is 9.78 Å². The van der Waals surface area contributed by atoms with Crippen molar-refractivity contribution in [2.24, 2.45) is 0 Å². The molecular weight excluding hydrogens is 229 g/mol. The second-order valence-electron chi connectivity index (χ2n) is 3.25. The Morgan fingerprint density at radius 2 is 2.06 bits per heavy atom. The molecule has 2 rings (SSSR count). The normalized spacial score (nSPS) is 10.1. The quantitative estimate of drug-likeness (QED) is 0.747. The van der Waals surface area contributed by atoms with Crippen molar-refractivity contribution < 1.29 is 9.18 Å². The van der Waals surface area contributed by atoms with Crippen LogP contribution in [0.3, 0.4) is 0 Å². The van der Waals surface area contributed by atoms with Gasteiger partial charge in [0.1, 0.15) is 12.1 Å². The summed E-state index contributed by atoms with van der Waals surface area (Å²) >= 11 is 5.97. The monoisotopic (exact) mass is 235 g/mol. The highest BCUT2D eigenvalue weighted by Gasteiger charge is 2.06. The van der Waals surface area contributed by atoms with E-state index in [0.29, 0.717) is 28.0 Å². The average molecular weight is 236 g/mol. The fourth-order valence-electron chi connectivity index (χ4n) is 1.40. The summed E-state index contributed by atoms with van der Waals surface area (Å²) in [6.07, 6.45) is 3.33. The number of aldehydes is 1. The van der Waals surface area contributed by atoms with Crippen LogP contribution < -0.4 is 0 Å². The molecule has 0 amide bonds. The van der Waals surface area contributed by atoms with E-state index in [-0.39, 0.29) is 0 Å². The van der Waals surface area contributed by atoms with Gasteiger partial charge in [0, 0.05) is 27.9 Å². The van der Waals surface area contributed by atoms with Crippen molar-refractivity contribution in [1.82, 2.24) is 4.98 Å². The fraction of sp³-hybridized carbons (Fsp3) is 0. The van der Waals surface area contributed by atoms with Crippen LogP contribution in [0.4, 0.5) is 4.39 Å². The van der Waals surface area contributed by atoms with Crippen molar-refractivity contribution in [2.75, 3.05) is 0 Å². The Morgan fingerprint density at radius 1 is 1.25 bits per heavy atom. The lowest BCUT2D eigenvalue weighted by atomic mass is 10.1. The first-order valence-corrected chi connectivity index (χ1v) is 4.94. The Balaban J connectivity index is 2.58. The van der Waals surface area contributed by atoms with E-state index in [0.717, 1.165) is 6.20 Å². The maximum Gasteiger partial charge on any atom is 0.150 e. The zero-order chi connectivity index (χ0) is 11.5. The molecule has 0 aliphatic heterocycles. The number of benzene rings is 1. The molecule has 1 aromatic heterocycles. The summed E-state index contributed by atoms with van der Waals surface area (Å²) in [5.41, 5.74) is 1.63. The minimum atomic E-state index is -0.440. The summed E-state index contributed by atoms with van der Waals surface area (Å²) in [6.45, 7) is 0. The lowest BCUT2D eigenvalue weighted by molar-refractivity contribution is 0.112. The van der Waals surface area contributed by atoms with Crippen molar-refractivity contribution in [3.05, 3.63) is 53.1 Å². The van der Waals surface area contributed by atoms with Gasteiger partial charge in [0.2, 0.25) is 0 Å². The Morgan fingerprint density at radius 3 is 2.75 bits per heavy atom. The summed E-state index contributed by atoms with van der Waals surface area (Å²) < 4.78 is 13.0. The van der Waals surface area contributed by atoms with Crippen LogP contribution >= 0.6 is 11.6 Å². The lowest BCUT2D eigenvalue weighted by Gasteiger charge is -2.04. The van der Waals surface area contributed by atoms with Gasteiger partial charge in [-0.05, 0) is 18.2 Å². The minimum Gasteiger partial charge on any atom is -0.298 e. The molecule has 0 aliphatic rings. The summed E-state index contributed by atoms with van der Waals surface area (Å²) in [6, 6.07) is 6.13. The van der Waals surface area contributed by atoms with Gasteiger partial charge >= 0.3 is 0 Å². The van der Waals surface area contributed by atoms with Crippen molar-refractivity contribution >= 4 is 17.9 Å². The van der Waals surface area contributed by atoms with E-state index < -0.39 is 5.82 Å². The third-order valence-electron chi connectivity index (χ3n) is 2.14. The van der Waals surface area contributed by atoms with E-state index in [4.69, 9.17) is 11.6 Å². The molecule has 0 aliphatic carbocycles. The molecular formula is C12H7ClFNO. The predicted molar refractivity (Wildman–Crippen MR) is 60.0 cm³/mol. The Kier molecular flexibility index (Phi) is 2.97. The van der Waals surface area contributed by atoms with E-state index in [1.807, 2.05) is 0 Å². The number of halogens is 2. The standard InChI is InChI=1S/C12H7ClFNO/c13-12-2-1-8(7-16)3-11(12)9-4-10(14)6-15-5-9/h1-7H. The van der Waals surface area contributed by atoms with Crippen LogP contribution in [0, 0.1) is 5.82 Å². The van der Waals surface area contributed by atoms with Crippen LogP contribution in [-0.4, -0.2) is 11.3 Å². The number of hydrogen-bond donors (Lipinski definition) is 0. The summed E-state index contributed by atoms with van der Waals surface area (Å²) in [7, 11) is 0. The molecule has 0 unspecified atom stereocenters. The maximum absolute atomic E-state index is 13.0. The molecule has 0 N–H and O–H groups in total. The van der Waals surface area contributed by atoms with Crippen LogP contribution in [0.25, 0.3) is 11.1 Å². The molecule has 0 atom stereocenters. The minimum absolute atomic E-state index is 0.440. The van der Waals surface area contributed by atoms with Gasteiger partial charge in [-0.1, -0.05) is 17.7 Å². The molecule has 0 radical (unpaired) electrons. The number of carbonyl (C=O) groups is 1. The van der Waals surface area contributed by atoms with Gasteiger partial charge in [-0.15, -0.1) is 0 Å². The SMILES string of the molecule is O=Cc1ccc(Cl)c(-c2cncc(F)c2)c1. The van der Waals surface area contributed by atoms with Crippen LogP contribution in [0.2, 0.25) is 5.02 Å². The molecule has 4 heteroatoms. The smallest absolute Gasteiger partial charge is 0.150 e. The van der Waals surface area contributed by atoms with Crippen molar-refractivity contribution in [3.8, 4) is 11.1 Å². The van der Waals surface area contributed by atoms with Crippen molar-refractivity contribution in [3.63, 3.8) is 0 Å². The van der Waals surface area contributed by atoms with Gasteiger partial charge in [0.05, 0.1) is 6.20 Å². The van der Waals surface area contributed by atoms with Gasteiger partial charge in [0.15, 0.2) is 0 Å². The third kappa shape index (κ3) is 2.09. The average Bonchev–Trinajstić information content (AvgIpc) is 2.30. The molecule has 2 nitrogen and oxygen atoms in total. The number of hydrogen-bond acceptors (Lipinski definition) is 2. The molecule has 1 heterocycles. The van der Waals surface area contributed by atoms with E-state index in [9.17, 15) is 9.18 Å². The second kappa shape index (κ2) is 4.41. The number of pyridine rings is 1. The number of aromatic nitrogens is 1. The second-order valence-corrected chi connectivity index (χ2v) is 3.66. The topological polar surface area (TPSA) is 30.0 Å². The highest BCUT2D eigenvalue weighted by atomic mass is 35.5. The van der Waals surface area contributed by atoms with Crippen LogP contribution in [0.15, 0.2) is 36.7 Å². The summed E-state index contributed by atoms with van der Waals surface area (Å²) in [5.74, 6) is -0.440. The van der Waals surface area contributed by atoms with Crippen LogP contribution in [-0.2, 0) is 0 Å². The highest BCUT2D eigenvalue weighted by molar-refractivity contribution is 6.33. The Bertz CT molecular complexity index is 542. The van der Waals surface area contributed by atoms with E-state index in [2.05, 4.69) is 4.98 Å². The number of rotatable bonds is 2. The van der Waals surface area contributed by atoms with Crippen molar-refractivity contribution in [1.29, 1.82) is 0 Å². The Hall–Kier alpha value is -1.74. The molecule has 0 saturated carbocycles. The predicted octanol–water partition coefficient (Wildman–Crippen LogP) is 3.35. The molecule has 16 heavy (non-hydrogen) atoms. The lowest BCUT2D eigenvalue weighted by Crippen LogP contribution is -1.87. The zero-order valence-electron chi connectivity index (χ0n) is 8.15. The first-order valence-electron chi connectivity index (χ1n) is 4.56. The highest BCUT2D eigenvalue weighted by Crippen LogP contribution is 2.28. The maximum atomic E-state index is 13.0. The molecule has 0 saturated heterocycles. The molecule has 1 aromatic carbocycles. The van der Waals surface area contributed by atoms with Gasteiger partial charge in [0.25, 0.3) is 0 Å². The molecule has 0 spiro atoms. The summed E-state index contributed by atoms with van der Waals surface area (Å²) in [4.78, 5) is 14.4. The fourth-order valence-corrected chi connectivity index (χ4v) is 1.62. The molecule has 80 valence electrons. The van der Waals surface area contributed by atoms with Gasteiger partial charge in [-0.25, -0.2) is 4.39 Å². The zero-order valence-corrected chi connectivity index (χ0v) is 8.91. The largest absolute Gasteiger partial charge is 0.298 e. The van der Waals surface area contributed by atoms with E-state index >= 15 is 0 Å². The van der Waals surface area contributed by atoms with E-state index in [1.54, 1.807) is 18.2 Å². The number of carbonyl (C=O) groups excluding carboxylic acids is 1. The Labute approximate surface area is 96.7 Å². The summed E-state index contributed by atoms with van der Waals surface area (Å²) in [5, 5.41) is 0.456. The van der Waals surface area contributed by atoms with Crippen molar-refractivity contribution in [2.45, 2.75) is 0 Å². The van der Waals surface area contributed by atoms with Crippen LogP contribution in [0.1, 0.15) is 10.4 Å². The van der Waals surface area contributed by atoms with Gasteiger partial charge in [-0.2, -0.15) is 0 Å². The van der Waals surface area contributed by atoms with Gasteiger partial charge < -0.3 is 0 Å². The third-order valence-corrected chi connectivity index (χ3v) is 2.47. The number of nitrogens with zero attached hydrogens (tertiary/aromatic N) is 1. The van der Waals surface area contributed by atoms with E-state index in [1.165, 1.54) is 12.3 Å². The first-order chi connectivity index (χ1) is 7.70. The molecule has 2 aromatic rings. The van der Waals surface area contributed by atoms with Crippen LogP contribution in [0.5, 0.6) is 0 Å². The first kappa shape index (κ1) is 10.8.